The van der Waals surface area contributed by atoms with E-state index in [0.29, 0.717) is 23.7 Å². The normalized spacial score (nSPS) is 19.8. The molecular weight excluding hydrogens is 283 g/mol. The van der Waals surface area contributed by atoms with Gasteiger partial charge in [0, 0.05) is 29.3 Å². The Hall–Kier alpha value is -2.14. The maximum atomic E-state index is 13.6. The molecule has 1 saturated carbocycles. The summed E-state index contributed by atoms with van der Waals surface area (Å²) in [5.74, 6) is 1.10. The van der Waals surface area contributed by atoms with Crippen LogP contribution in [0.1, 0.15) is 30.4 Å². The lowest BCUT2D eigenvalue weighted by Crippen LogP contribution is -2.06. The Balaban J connectivity index is 1.86. The third-order valence-corrected chi connectivity index (χ3v) is 3.76. The van der Waals surface area contributed by atoms with Crippen molar-refractivity contribution in [3.63, 3.8) is 0 Å². The van der Waals surface area contributed by atoms with E-state index in [1.54, 1.807) is 12.1 Å². The van der Waals surface area contributed by atoms with E-state index in [1.165, 1.54) is 6.20 Å². The van der Waals surface area contributed by atoms with Crippen LogP contribution in [0.5, 0.6) is 11.5 Å². The number of nitrogens with zero attached hydrogens (tertiary/aromatic N) is 1. The summed E-state index contributed by atoms with van der Waals surface area (Å²) in [6.07, 6.45) is 2.36. The molecule has 3 rings (SSSR count). The largest absolute Gasteiger partial charge is 0.490 e. The average Bonchev–Trinajstić information content (AvgIpc) is 3.24. The summed E-state index contributed by atoms with van der Waals surface area (Å²) in [5.41, 5.74) is 7.40. The number of rotatable bonds is 6. The number of hydrogen-bond donors (Lipinski definition) is 1. The summed E-state index contributed by atoms with van der Waals surface area (Å²) < 4.78 is 25.1. The standard InChI is InChI=1S/C17H19FN2O2/c1-2-21-15-7-3-6-12(13-9-14(13)19)16(15)22-10-11-5-4-8-20-17(11)18/h3-8,13-14H,2,9-10,19H2,1H3/t13-,14+/m0/s1. The van der Waals surface area contributed by atoms with Crippen LogP contribution in [0.25, 0.3) is 0 Å². The minimum absolute atomic E-state index is 0.110. The number of hydrogen-bond acceptors (Lipinski definition) is 4. The number of benzene rings is 1. The first kappa shape index (κ1) is 14.8. The molecule has 1 aromatic carbocycles. The van der Waals surface area contributed by atoms with Crippen LogP contribution in [-0.4, -0.2) is 17.6 Å². The van der Waals surface area contributed by atoms with Gasteiger partial charge in [-0.3, -0.25) is 0 Å². The Morgan fingerprint density at radius 2 is 2.09 bits per heavy atom. The van der Waals surface area contributed by atoms with Crippen molar-refractivity contribution >= 4 is 0 Å². The molecule has 0 unspecified atom stereocenters. The molecule has 5 heteroatoms. The summed E-state index contributed by atoms with van der Waals surface area (Å²) in [6.45, 7) is 2.57. The molecule has 1 fully saturated rings. The van der Waals surface area contributed by atoms with Crippen LogP contribution in [0.15, 0.2) is 36.5 Å². The van der Waals surface area contributed by atoms with Crippen molar-refractivity contribution in [1.82, 2.24) is 4.98 Å². The Labute approximate surface area is 129 Å². The van der Waals surface area contributed by atoms with Crippen LogP contribution in [-0.2, 0) is 6.61 Å². The van der Waals surface area contributed by atoms with Gasteiger partial charge in [-0.2, -0.15) is 4.39 Å². The summed E-state index contributed by atoms with van der Waals surface area (Å²) in [6, 6.07) is 9.30. The zero-order chi connectivity index (χ0) is 15.5. The second-order valence-electron chi connectivity index (χ2n) is 5.36. The summed E-state index contributed by atoms with van der Waals surface area (Å²) in [5, 5.41) is 0. The van der Waals surface area contributed by atoms with Crippen molar-refractivity contribution in [3.8, 4) is 11.5 Å². The van der Waals surface area contributed by atoms with E-state index in [4.69, 9.17) is 15.2 Å². The quantitative estimate of drug-likeness (QED) is 0.833. The zero-order valence-corrected chi connectivity index (χ0v) is 12.5. The minimum atomic E-state index is -0.513. The Morgan fingerprint density at radius 3 is 2.77 bits per heavy atom. The molecule has 1 aliphatic rings. The molecule has 0 aliphatic heterocycles. The maximum Gasteiger partial charge on any atom is 0.219 e. The van der Waals surface area contributed by atoms with Gasteiger partial charge in [-0.1, -0.05) is 12.1 Å². The van der Waals surface area contributed by atoms with Crippen molar-refractivity contribution in [3.05, 3.63) is 53.6 Å². The SMILES string of the molecule is CCOc1cccc([C@@H]2C[C@H]2N)c1OCc1cccnc1F. The van der Waals surface area contributed by atoms with Crippen molar-refractivity contribution in [2.75, 3.05) is 6.61 Å². The lowest BCUT2D eigenvalue weighted by molar-refractivity contribution is 0.262. The van der Waals surface area contributed by atoms with Gasteiger partial charge < -0.3 is 15.2 Å². The van der Waals surface area contributed by atoms with E-state index in [1.807, 2.05) is 25.1 Å². The van der Waals surface area contributed by atoms with Crippen molar-refractivity contribution in [2.24, 2.45) is 5.73 Å². The average molecular weight is 302 g/mol. The fraction of sp³-hybridized carbons (Fsp3) is 0.353. The second kappa shape index (κ2) is 6.32. The third kappa shape index (κ3) is 3.04. The van der Waals surface area contributed by atoms with Gasteiger partial charge in [-0.05, 0) is 31.5 Å². The van der Waals surface area contributed by atoms with Crippen molar-refractivity contribution in [1.29, 1.82) is 0 Å². The number of nitrogens with two attached hydrogens (primary N) is 1. The number of para-hydroxylation sites is 1. The van der Waals surface area contributed by atoms with Crippen molar-refractivity contribution < 1.29 is 13.9 Å². The van der Waals surface area contributed by atoms with E-state index < -0.39 is 5.95 Å². The Bertz CT molecular complexity index is 663. The Morgan fingerprint density at radius 1 is 1.27 bits per heavy atom. The minimum Gasteiger partial charge on any atom is -0.490 e. The lowest BCUT2D eigenvalue weighted by atomic mass is 10.1. The monoisotopic (exact) mass is 302 g/mol. The fourth-order valence-corrected chi connectivity index (χ4v) is 2.50. The number of ether oxygens (including phenoxy) is 2. The fourth-order valence-electron chi connectivity index (χ4n) is 2.50. The zero-order valence-electron chi connectivity index (χ0n) is 12.5. The highest BCUT2D eigenvalue weighted by molar-refractivity contribution is 5.50. The molecule has 1 aliphatic carbocycles. The number of halogens is 1. The third-order valence-electron chi connectivity index (χ3n) is 3.76. The molecule has 0 bridgehead atoms. The highest BCUT2D eigenvalue weighted by atomic mass is 19.1. The predicted octanol–water partition coefficient (Wildman–Crippen LogP) is 3.01. The second-order valence-corrected chi connectivity index (χ2v) is 5.36. The smallest absolute Gasteiger partial charge is 0.219 e. The molecule has 0 spiro atoms. The first-order valence-electron chi connectivity index (χ1n) is 7.44. The molecule has 1 heterocycles. The van der Waals surface area contributed by atoms with Crippen LogP contribution in [0.2, 0.25) is 0 Å². The van der Waals surface area contributed by atoms with Gasteiger partial charge in [-0.25, -0.2) is 4.98 Å². The molecule has 0 amide bonds. The van der Waals surface area contributed by atoms with Crippen LogP contribution in [0.4, 0.5) is 4.39 Å². The maximum absolute atomic E-state index is 13.6. The first-order chi connectivity index (χ1) is 10.7. The van der Waals surface area contributed by atoms with Gasteiger partial charge in [0.15, 0.2) is 11.5 Å². The summed E-state index contributed by atoms with van der Waals surface area (Å²) in [4.78, 5) is 3.63. The van der Waals surface area contributed by atoms with Gasteiger partial charge in [0.05, 0.1) is 6.61 Å². The van der Waals surface area contributed by atoms with E-state index in [9.17, 15) is 4.39 Å². The molecule has 2 N–H and O–H groups in total. The number of aromatic nitrogens is 1. The van der Waals surface area contributed by atoms with Crippen LogP contribution >= 0.6 is 0 Å². The molecular formula is C17H19FN2O2. The highest BCUT2D eigenvalue weighted by Gasteiger charge is 2.37. The molecule has 0 radical (unpaired) electrons. The van der Waals surface area contributed by atoms with Crippen molar-refractivity contribution in [2.45, 2.75) is 31.9 Å². The summed E-state index contributed by atoms with van der Waals surface area (Å²) in [7, 11) is 0. The molecule has 4 nitrogen and oxygen atoms in total. The highest BCUT2D eigenvalue weighted by Crippen LogP contribution is 2.46. The molecule has 1 aromatic heterocycles. The van der Waals surface area contributed by atoms with Gasteiger partial charge in [0.25, 0.3) is 0 Å². The van der Waals surface area contributed by atoms with Gasteiger partial charge in [0.1, 0.15) is 6.61 Å². The molecule has 116 valence electrons. The van der Waals surface area contributed by atoms with E-state index in [2.05, 4.69) is 4.98 Å². The van der Waals surface area contributed by atoms with Gasteiger partial charge in [-0.15, -0.1) is 0 Å². The lowest BCUT2D eigenvalue weighted by Gasteiger charge is -2.16. The first-order valence-corrected chi connectivity index (χ1v) is 7.44. The molecule has 2 aromatic rings. The van der Waals surface area contributed by atoms with Crippen LogP contribution in [0.3, 0.4) is 0 Å². The Kier molecular flexibility index (Phi) is 4.24. The van der Waals surface area contributed by atoms with Crippen LogP contribution < -0.4 is 15.2 Å². The summed E-state index contributed by atoms with van der Waals surface area (Å²) >= 11 is 0. The molecule has 0 saturated heterocycles. The predicted molar refractivity (Wildman–Crippen MR) is 81.5 cm³/mol. The van der Waals surface area contributed by atoms with Gasteiger partial charge >= 0.3 is 0 Å². The topological polar surface area (TPSA) is 57.4 Å². The van der Waals surface area contributed by atoms with Crippen LogP contribution in [0, 0.1) is 5.95 Å². The molecule has 2 atom stereocenters. The van der Waals surface area contributed by atoms with Gasteiger partial charge in [0.2, 0.25) is 5.95 Å². The van der Waals surface area contributed by atoms with E-state index in [-0.39, 0.29) is 18.6 Å². The van der Waals surface area contributed by atoms with E-state index in [0.717, 1.165) is 12.0 Å². The van der Waals surface area contributed by atoms with E-state index >= 15 is 0 Å². The molecule has 22 heavy (non-hydrogen) atoms. The number of pyridine rings is 1.